The van der Waals surface area contributed by atoms with Gasteiger partial charge in [0.25, 0.3) is 5.91 Å². The number of Topliss-reactive ketones (excluding diaryl/α,β-unsaturated/α-hetero) is 1. The number of rotatable bonds is 14. The van der Waals surface area contributed by atoms with Crippen molar-refractivity contribution in [3.05, 3.63) is 113 Å². The second-order valence-electron chi connectivity index (χ2n) is 14.4. The van der Waals surface area contributed by atoms with Gasteiger partial charge in [-0.3, -0.25) is 14.4 Å². The van der Waals surface area contributed by atoms with Crippen LogP contribution in [0.25, 0.3) is 11.1 Å². The third-order valence-corrected chi connectivity index (χ3v) is 9.29. The van der Waals surface area contributed by atoms with Crippen LogP contribution in [-0.2, 0) is 33.6 Å². The Hall–Kier alpha value is -5.12. The maximum absolute atomic E-state index is 14.0. The van der Waals surface area contributed by atoms with Gasteiger partial charge in [0.05, 0.1) is 31.4 Å². The second-order valence-corrected chi connectivity index (χ2v) is 14.4. The first-order chi connectivity index (χ1) is 24.8. The first-order valence-electron chi connectivity index (χ1n) is 17.8. The van der Waals surface area contributed by atoms with E-state index in [0.717, 1.165) is 24.1 Å². The molecule has 1 N–H and O–H groups in total. The third kappa shape index (κ3) is 10.2. The summed E-state index contributed by atoms with van der Waals surface area (Å²) in [5.74, 6) is -1.23. The SMILES string of the molecule is Cc1nc(C(=O)NCC(=O)Cc2ccc(F)cc2)c(-c2ccc(OCCc3ccc(F)cc3)cc2)c(N2CCC(C)(C)CC2)c1CC(=O)OC(C)C. The molecule has 274 valence electrons. The number of anilines is 1. The van der Waals surface area contributed by atoms with Gasteiger partial charge in [-0.2, -0.15) is 0 Å². The number of ketones is 1. The molecule has 10 heteroatoms. The van der Waals surface area contributed by atoms with Crippen LogP contribution in [0.2, 0.25) is 0 Å². The molecular formula is C42H47F2N3O5. The van der Waals surface area contributed by atoms with E-state index in [2.05, 4.69) is 24.1 Å². The number of amides is 1. The summed E-state index contributed by atoms with van der Waals surface area (Å²) in [7, 11) is 0. The Kier molecular flexibility index (Phi) is 12.4. The molecular weight excluding hydrogens is 664 g/mol. The molecule has 3 aromatic carbocycles. The van der Waals surface area contributed by atoms with Crippen LogP contribution < -0.4 is 15.0 Å². The third-order valence-electron chi connectivity index (χ3n) is 9.29. The number of aromatic nitrogens is 1. The summed E-state index contributed by atoms with van der Waals surface area (Å²) < 4.78 is 38.3. The molecule has 1 fully saturated rings. The van der Waals surface area contributed by atoms with Crippen LogP contribution in [0.3, 0.4) is 0 Å². The first kappa shape index (κ1) is 38.1. The number of carbonyl (C=O) groups is 3. The summed E-state index contributed by atoms with van der Waals surface area (Å²) >= 11 is 0. The summed E-state index contributed by atoms with van der Waals surface area (Å²) in [5.41, 5.74) is 5.06. The Morgan fingerprint density at radius 2 is 1.46 bits per heavy atom. The smallest absolute Gasteiger partial charge is 0.310 e. The number of hydrogen-bond acceptors (Lipinski definition) is 7. The largest absolute Gasteiger partial charge is 0.493 e. The molecule has 0 spiro atoms. The maximum Gasteiger partial charge on any atom is 0.310 e. The van der Waals surface area contributed by atoms with Gasteiger partial charge >= 0.3 is 5.97 Å². The molecule has 52 heavy (non-hydrogen) atoms. The van der Waals surface area contributed by atoms with Crippen molar-refractivity contribution in [3.8, 4) is 16.9 Å². The van der Waals surface area contributed by atoms with Crippen LogP contribution in [0.4, 0.5) is 14.5 Å². The molecule has 1 saturated heterocycles. The van der Waals surface area contributed by atoms with Gasteiger partial charge in [0, 0.05) is 42.8 Å². The second kappa shape index (κ2) is 16.9. The Morgan fingerprint density at radius 3 is 2.06 bits per heavy atom. The number of pyridine rings is 1. The number of esters is 1. The molecule has 1 amide bonds. The van der Waals surface area contributed by atoms with Crippen LogP contribution in [0.15, 0.2) is 72.8 Å². The number of halogens is 2. The van der Waals surface area contributed by atoms with Gasteiger partial charge in [-0.15, -0.1) is 0 Å². The minimum atomic E-state index is -0.528. The Labute approximate surface area is 304 Å². The molecule has 0 radical (unpaired) electrons. The van der Waals surface area contributed by atoms with Crippen LogP contribution in [0, 0.1) is 24.0 Å². The fourth-order valence-electron chi connectivity index (χ4n) is 6.32. The fourth-order valence-corrected chi connectivity index (χ4v) is 6.32. The highest BCUT2D eigenvalue weighted by molar-refractivity contribution is 6.05. The number of piperidine rings is 1. The highest BCUT2D eigenvalue weighted by atomic mass is 19.1. The van der Waals surface area contributed by atoms with Gasteiger partial charge in [0.2, 0.25) is 0 Å². The minimum absolute atomic E-state index is 0.0259. The highest BCUT2D eigenvalue weighted by Gasteiger charge is 2.32. The molecule has 0 saturated carbocycles. The zero-order valence-electron chi connectivity index (χ0n) is 30.6. The molecule has 1 aliphatic rings. The minimum Gasteiger partial charge on any atom is -0.493 e. The lowest BCUT2D eigenvalue weighted by Crippen LogP contribution is -2.39. The summed E-state index contributed by atoms with van der Waals surface area (Å²) in [4.78, 5) is 47.1. The average Bonchev–Trinajstić information content (AvgIpc) is 3.10. The molecule has 1 aliphatic heterocycles. The summed E-state index contributed by atoms with van der Waals surface area (Å²) in [6, 6.07) is 19.4. The first-order valence-corrected chi connectivity index (χ1v) is 17.8. The van der Waals surface area contributed by atoms with Crippen LogP contribution in [0.1, 0.15) is 73.4 Å². The number of carbonyl (C=O) groups excluding carboxylic acids is 3. The number of hydrogen-bond donors (Lipinski definition) is 1. The van der Waals surface area contributed by atoms with Crippen molar-refractivity contribution in [2.45, 2.75) is 72.8 Å². The quantitative estimate of drug-likeness (QED) is 0.135. The molecule has 5 rings (SSSR count). The normalized spacial score (nSPS) is 13.9. The van der Waals surface area contributed by atoms with E-state index in [-0.39, 0.29) is 48.2 Å². The van der Waals surface area contributed by atoms with Gasteiger partial charge in [-0.1, -0.05) is 50.2 Å². The van der Waals surface area contributed by atoms with Crippen molar-refractivity contribution >= 4 is 23.3 Å². The number of aryl methyl sites for hydroxylation is 1. The molecule has 0 unspecified atom stereocenters. The fraction of sp³-hybridized carbons (Fsp3) is 0.381. The van der Waals surface area contributed by atoms with Gasteiger partial charge in [0.1, 0.15) is 23.1 Å². The van der Waals surface area contributed by atoms with E-state index in [4.69, 9.17) is 14.5 Å². The van der Waals surface area contributed by atoms with Crippen molar-refractivity contribution in [1.29, 1.82) is 0 Å². The number of ether oxygens (including phenoxy) is 2. The predicted octanol–water partition coefficient (Wildman–Crippen LogP) is 7.62. The standard InChI is InChI=1S/C42H47F2N3O5/c1-27(2)52-37(49)25-36-28(3)46-39(41(50)45-26-34(48)24-30-8-14-33(44)15-9-30)38(40(36)47-21-19-42(4,5)20-22-47)31-10-16-35(17-11-31)51-23-18-29-6-12-32(43)13-7-29/h6-17,27H,18-26H2,1-5H3,(H,45,50). The highest BCUT2D eigenvalue weighted by Crippen LogP contribution is 2.42. The van der Waals surface area contributed by atoms with Crippen molar-refractivity contribution < 1.29 is 32.6 Å². The van der Waals surface area contributed by atoms with Gasteiger partial charge in [0.15, 0.2) is 5.78 Å². The van der Waals surface area contributed by atoms with Crippen molar-refractivity contribution in [1.82, 2.24) is 10.3 Å². The molecule has 1 aromatic heterocycles. The molecule has 0 aliphatic carbocycles. The molecule has 2 heterocycles. The monoisotopic (exact) mass is 711 g/mol. The molecule has 0 atom stereocenters. The van der Waals surface area contributed by atoms with E-state index < -0.39 is 17.7 Å². The van der Waals surface area contributed by atoms with Gasteiger partial charge in [-0.25, -0.2) is 13.8 Å². The van der Waals surface area contributed by atoms with E-state index in [9.17, 15) is 23.2 Å². The molecule has 0 bridgehead atoms. The van der Waals surface area contributed by atoms with Crippen LogP contribution in [0.5, 0.6) is 5.75 Å². The van der Waals surface area contributed by atoms with E-state index in [1.165, 1.54) is 24.3 Å². The topological polar surface area (TPSA) is 97.8 Å². The lowest BCUT2D eigenvalue weighted by molar-refractivity contribution is -0.146. The lowest BCUT2D eigenvalue weighted by Gasteiger charge is -2.40. The Bertz CT molecular complexity index is 1860. The number of nitrogens with one attached hydrogen (secondary N) is 1. The Morgan fingerprint density at radius 1 is 0.865 bits per heavy atom. The van der Waals surface area contributed by atoms with Crippen LogP contribution >= 0.6 is 0 Å². The molecule has 8 nitrogen and oxygen atoms in total. The maximum atomic E-state index is 14.0. The zero-order valence-corrected chi connectivity index (χ0v) is 30.6. The van der Waals surface area contributed by atoms with E-state index >= 15 is 0 Å². The van der Waals surface area contributed by atoms with Gasteiger partial charge < -0.3 is 19.7 Å². The van der Waals surface area contributed by atoms with E-state index in [1.54, 1.807) is 45.0 Å². The molecule has 4 aromatic rings. The summed E-state index contributed by atoms with van der Waals surface area (Å²) in [5, 5.41) is 2.77. The van der Waals surface area contributed by atoms with Crippen molar-refractivity contribution in [2.75, 3.05) is 31.1 Å². The van der Waals surface area contributed by atoms with E-state index in [1.807, 2.05) is 24.3 Å². The number of nitrogens with zero attached hydrogens (tertiary/aromatic N) is 2. The predicted molar refractivity (Wildman–Crippen MR) is 198 cm³/mol. The zero-order chi connectivity index (χ0) is 37.4. The van der Waals surface area contributed by atoms with Crippen molar-refractivity contribution in [2.24, 2.45) is 5.41 Å². The average molecular weight is 712 g/mol. The Balaban J connectivity index is 1.50. The van der Waals surface area contributed by atoms with Crippen molar-refractivity contribution in [3.63, 3.8) is 0 Å². The summed E-state index contributed by atoms with van der Waals surface area (Å²) in [6.07, 6.45) is 2.12. The van der Waals surface area contributed by atoms with Gasteiger partial charge in [-0.05, 0) is 92.1 Å². The number of benzene rings is 3. The lowest BCUT2D eigenvalue weighted by atomic mass is 9.82. The van der Waals surface area contributed by atoms with Crippen LogP contribution in [-0.4, -0.2) is 55.0 Å². The summed E-state index contributed by atoms with van der Waals surface area (Å²) in [6.45, 7) is 11.4. The van der Waals surface area contributed by atoms with E-state index in [0.29, 0.717) is 59.8 Å².